The third-order valence-electron chi connectivity index (χ3n) is 7.06. The maximum atomic E-state index is 12.3. The molecule has 0 radical (unpaired) electrons. The lowest BCUT2D eigenvalue weighted by atomic mass is 9.78. The molecule has 1 fully saturated rings. The van der Waals surface area contributed by atoms with Crippen molar-refractivity contribution in [3.05, 3.63) is 47.3 Å². The second kappa shape index (κ2) is 6.37. The summed E-state index contributed by atoms with van der Waals surface area (Å²) in [5.74, 6) is 0.0691. The minimum Gasteiger partial charge on any atom is -0.315 e. The molecule has 152 valence electrons. The molecular weight excluding hydrogens is 386 g/mol. The Balaban J connectivity index is 1.59. The van der Waals surface area contributed by atoms with Gasteiger partial charge in [0.15, 0.2) is 0 Å². The Morgan fingerprint density at radius 1 is 1.17 bits per heavy atom. The summed E-state index contributed by atoms with van der Waals surface area (Å²) in [6.45, 7) is 0. The van der Waals surface area contributed by atoms with Crippen molar-refractivity contribution in [1.82, 2.24) is 4.98 Å². The molecule has 0 bridgehead atoms. The number of aryl methyl sites for hydroxylation is 1. The van der Waals surface area contributed by atoms with Crippen LogP contribution in [0.3, 0.4) is 0 Å². The molecule has 1 aromatic carbocycles. The molecule has 0 unspecified atom stereocenters. The largest absolute Gasteiger partial charge is 0.315 e. The first-order valence-corrected chi connectivity index (χ1v) is 11.8. The fraction of sp³-hybridized carbons (Fsp3) is 0.455. The van der Waals surface area contributed by atoms with E-state index in [0.717, 1.165) is 53.6 Å². The normalized spacial score (nSPS) is 22.8. The van der Waals surface area contributed by atoms with Crippen LogP contribution in [0.25, 0.3) is 11.1 Å². The van der Waals surface area contributed by atoms with Gasteiger partial charge in [0.25, 0.3) is 0 Å². The van der Waals surface area contributed by atoms with Gasteiger partial charge < -0.3 is 4.90 Å². The van der Waals surface area contributed by atoms with Gasteiger partial charge >= 0.3 is 0 Å². The Morgan fingerprint density at radius 2 is 1.97 bits per heavy atom. The molecule has 1 atom stereocenters. The van der Waals surface area contributed by atoms with Gasteiger partial charge in [0.1, 0.15) is 0 Å². The van der Waals surface area contributed by atoms with Crippen LogP contribution in [-0.2, 0) is 27.7 Å². The van der Waals surface area contributed by atoms with E-state index in [9.17, 15) is 13.2 Å². The van der Waals surface area contributed by atoms with Crippen molar-refractivity contribution >= 4 is 21.6 Å². The zero-order valence-corrected chi connectivity index (χ0v) is 17.3. The van der Waals surface area contributed by atoms with Gasteiger partial charge in [-0.3, -0.25) is 9.78 Å². The van der Waals surface area contributed by atoms with Crippen LogP contribution >= 0.6 is 0 Å². The second-order valence-corrected chi connectivity index (χ2v) is 10.5. The number of benzene rings is 1. The van der Waals surface area contributed by atoms with Gasteiger partial charge in [-0.25, -0.2) is 13.6 Å². The lowest BCUT2D eigenvalue weighted by Crippen LogP contribution is -2.37. The van der Waals surface area contributed by atoms with Crippen molar-refractivity contribution in [1.29, 1.82) is 0 Å². The number of nitrogens with two attached hydrogens (primary N) is 1. The van der Waals surface area contributed by atoms with Gasteiger partial charge in [0, 0.05) is 43.0 Å². The van der Waals surface area contributed by atoms with Crippen LogP contribution < -0.4 is 10.0 Å². The van der Waals surface area contributed by atoms with E-state index in [1.807, 2.05) is 31.6 Å². The summed E-state index contributed by atoms with van der Waals surface area (Å²) in [5.41, 5.74) is 6.53. The van der Waals surface area contributed by atoms with Crippen LogP contribution in [0.5, 0.6) is 0 Å². The summed E-state index contributed by atoms with van der Waals surface area (Å²) in [7, 11) is -1.78. The smallest absolute Gasteiger partial charge is 0.227 e. The van der Waals surface area contributed by atoms with Crippen LogP contribution in [0, 0.1) is 0 Å². The summed E-state index contributed by atoms with van der Waals surface area (Å²) < 4.78 is 23.8. The standard InChI is InChI=1S/C22H25N3O3S/c1-25-20-7-5-14(11-15(20)6-8-21(25)26)17-12-24-13-18-16(17)3-2-4-19(18)22(9-10-22)29(23,27)28/h5,7,11-13,19H,2-4,6,8-10H2,1H3,(H2,23,27,28)/t19-/m1/s1. The third-order valence-corrected chi connectivity index (χ3v) is 8.89. The molecule has 1 aliphatic heterocycles. The molecule has 1 amide bonds. The molecule has 0 saturated heterocycles. The molecule has 2 aromatic rings. The van der Waals surface area contributed by atoms with Crippen molar-refractivity contribution in [2.75, 3.05) is 11.9 Å². The van der Waals surface area contributed by atoms with Gasteiger partial charge in [-0.05, 0) is 72.9 Å². The number of sulfonamides is 1. The highest BCUT2D eigenvalue weighted by Crippen LogP contribution is 2.56. The first-order chi connectivity index (χ1) is 13.8. The van der Waals surface area contributed by atoms with E-state index in [-0.39, 0.29) is 11.8 Å². The van der Waals surface area contributed by atoms with E-state index >= 15 is 0 Å². The summed E-state index contributed by atoms with van der Waals surface area (Å²) in [6, 6.07) is 6.21. The molecule has 6 nitrogen and oxygen atoms in total. The molecule has 1 aromatic heterocycles. The number of pyridine rings is 1. The number of amides is 1. The Labute approximate surface area is 171 Å². The number of rotatable bonds is 3. The van der Waals surface area contributed by atoms with Crippen molar-refractivity contribution in [2.45, 2.75) is 55.6 Å². The average Bonchev–Trinajstić information content (AvgIpc) is 3.52. The Kier molecular flexibility index (Phi) is 4.12. The molecule has 5 rings (SSSR count). The van der Waals surface area contributed by atoms with E-state index < -0.39 is 14.8 Å². The molecule has 2 N–H and O–H groups in total. The highest BCUT2D eigenvalue weighted by molar-refractivity contribution is 7.90. The molecule has 2 aliphatic carbocycles. The summed E-state index contributed by atoms with van der Waals surface area (Å²) >= 11 is 0. The van der Waals surface area contributed by atoms with Crippen LogP contribution in [-0.4, -0.2) is 31.1 Å². The predicted molar refractivity (Wildman–Crippen MR) is 112 cm³/mol. The Bertz CT molecular complexity index is 1120. The molecule has 3 aliphatic rings. The maximum absolute atomic E-state index is 12.3. The van der Waals surface area contributed by atoms with Crippen LogP contribution in [0.1, 0.15) is 54.7 Å². The average molecular weight is 412 g/mol. The van der Waals surface area contributed by atoms with E-state index in [0.29, 0.717) is 19.3 Å². The van der Waals surface area contributed by atoms with Crippen molar-refractivity contribution in [3.8, 4) is 11.1 Å². The number of anilines is 1. The number of hydrogen-bond donors (Lipinski definition) is 1. The highest BCUT2D eigenvalue weighted by Gasteiger charge is 2.59. The molecular formula is C22H25N3O3S. The van der Waals surface area contributed by atoms with Gasteiger partial charge in [0.2, 0.25) is 15.9 Å². The third kappa shape index (κ3) is 2.82. The van der Waals surface area contributed by atoms with E-state index in [1.165, 1.54) is 5.56 Å². The zero-order chi connectivity index (χ0) is 20.4. The first kappa shape index (κ1) is 18.8. The van der Waals surface area contributed by atoms with E-state index in [1.54, 1.807) is 4.90 Å². The topological polar surface area (TPSA) is 93.4 Å². The van der Waals surface area contributed by atoms with Crippen LogP contribution in [0.4, 0.5) is 5.69 Å². The quantitative estimate of drug-likeness (QED) is 0.840. The summed E-state index contributed by atoms with van der Waals surface area (Å²) in [5, 5.41) is 5.63. The fourth-order valence-corrected chi connectivity index (χ4v) is 6.61. The molecule has 7 heteroatoms. The number of aromatic nitrogens is 1. The van der Waals surface area contributed by atoms with Crippen LogP contribution in [0.2, 0.25) is 0 Å². The van der Waals surface area contributed by atoms with Gasteiger partial charge in [0.05, 0.1) is 4.75 Å². The van der Waals surface area contributed by atoms with Gasteiger partial charge in [-0.1, -0.05) is 6.07 Å². The fourth-order valence-electron chi connectivity index (χ4n) is 5.30. The second-order valence-electron chi connectivity index (χ2n) is 8.61. The van der Waals surface area contributed by atoms with Crippen molar-refractivity contribution < 1.29 is 13.2 Å². The SMILES string of the molecule is CN1C(=O)CCc2cc(-c3cncc4c3CCC[C@H]4C3(S(N)(=O)=O)CC3)ccc21. The van der Waals surface area contributed by atoms with Crippen molar-refractivity contribution in [3.63, 3.8) is 0 Å². The molecule has 0 spiro atoms. The van der Waals surface area contributed by atoms with Gasteiger partial charge in [-0.15, -0.1) is 0 Å². The Morgan fingerprint density at radius 3 is 2.69 bits per heavy atom. The number of carbonyl (C=O) groups excluding carboxylic acids is 1. The predicted octanol–water partition coefficient (Wildman–Crippen LogP) is 2.90. The summed E-state index contributed by atoms with van der Waals surface area (Å²) in [6.07, 6.45) is 8.98. The van der Waals surface area contributed by atoms with Gasteiger partial charge in [-0.2, -0.15) is 0 Å². The lowest BCUT2D eigenvalue weighted by molar-refractivity contribution is -0.118. The number of carbonyl (C=O) groups is 1. The lowest BCUT2D eigenvalue weighted by Gasteiger charge is -2.32. The summed E-state index contributed by atoms with van der Waals surface area (Å²) in [4.78, 5) is 18.2. The number of hydrogen-bond acceptors (Lipinski definition) is 4. The number of nitrogens with zero attached hydrogens (tertiary/aromatic N) is 2. The van der Waals surface area contributed by atoms with Crippen LogP contribution in [0.15, 0.2) is 30.6 Å². The zero-order valence-electron chi connectivity index (χ0n) is 16.5. The van der Waals surface area contributed by atoms with Crippen molar-refractivity contribution in [2.24, 2.45) is 5.14 Å². The van der Waals surface area contributed by atoms with E-state index in [4.69, 9.17) is 5.14 Å². The minimum atomic E-state index is -3.60. The number of primary sulfonamides is 1. The molecule has 1 saturated carbocycles. The monoisotopic (exact) mass is 411 g/mol. The highest BCUT2D eigenvalue weighted by atomic mass is 32.2. The number of fused-ring (bicyclic) bond motifs is 2. The van der Waals surface area contributed by atoms with E-state index in [2.05, 4.69) is 11.1 Å². The molecule has 29 heavy (non-hydrogen) atoms. The molecule has 2 heterocycles. The maximum Gasteiger partial charge on any atom is 0.227 e. The first-order valence-electron chi connectivity index (χ1n) is 10.2. The minimum absolute atomic E-state index is 0.0740. The Hall–Kier alpha value is -2.25.